The molecule has 1 amide bonds. The molecule has 1 aliphatic rings. The van der Waals surface area contributed by atoms with Crippen LogP contribution in [0.4, 0.5) is 5.69 Å². The van der Waals surface area contributed by atoms with Crippen molar-refractivity contribution in [3.05, 3.63) is 27.8 Å². The minimum absolute atomic E-state index is 0.0401. The summed E-state index contributed by atoms with van der Waals surface area (Å²) in [5.74, 6) is 0.0401. The first-order valence-corrected chi connectivity index (χ1v) is 7.98. The van der Waals surface area contributed by atoms with Crippen molar-refractivity contribution in [2.75, 3.05) is 25.0 Å². The summed E-state index contributed by atoms with van der Waals surface area (Å²) in [5.41, 5.74) is 7.04. The predicted octanol–water partition coefficient (Wildman–Crippen LogP) is 2.29. The molecule has 1 aliphatic heterocycles. The second kappa shape index (κ2) is 6.41. The SMILES string of the molecule is CC1(C)CN(CC(=O)Nc2cccc(I)c2)CCC1N. The monoisotopic (exact) mass is 387 g/mol. The number of rotatable bonds is 3. The number of nitrogens with zero attached hydrogens (tertiary/aromatic N) is 1. The normalized spacial score (nSPS) is 22.5. The molecule has 1 aromatic rings. The predicted molar refractivity (Wildman–Crippen MR) is 90.6 cm³/mol. The van der Waals surface area contributed by atoms with Crippen LogP contribution in [0.25, 0.3) is 0 Å². The number of nitrogens with two attached hydrogens (primary N) is 1. The van der Waals surface area contributed by atoms with Gasteiger partial charge in [-0.3, -0.25) is 9.69 Å². The number of carbonyl (C=O) groups is 1. The summed E-state index contributed by atoms with van der Waals surface area (Å²) in [7, 11) is 0. The molecule has 0 bridgehead atoms. The van der Waals surface area contributed by atoms with E-state index in [9.17, 15) is 4.79 Å². The van der Waals surface area contributed by atoms with Crippen LogP contribution in [0.5, 0.6) is 0 Å². The lowest BCUT2D eigenvalue weighted by Gasteiger charge is -2.42. The smallest absolute Gasteiger partial charge is 0.238 e. The molecule has 1 aromatic carbocycles. The number of benzene rings is 1. The lowest BCUT2D eigenvalue weighted by molar-refractivity contribution is -0.118. The van der Waals surface area contributed by atoms with Crippen molar-refractivity contribution < 1.29 is 4.79 Å². The number of nitrogens with one attached hydrogen (secondary N) is 1. The molecule has 0 aliphatic carbocycles. The maximum Gasteiger partial charge on any atom is 0.238 e. The summed E-state index contributed by atoms with van der Waals surface area (Å²) in [6, 6.07) is 8.05. The van der Waals surface area contributed by atoms with Gasteiger partial charge in [0.05, 0.1) is 6.54 Å². The van der Waals surface area contributed by atoms with Crippen molar-refractivity contribution >= 4 is 34.2 Å². The highest BCUT2D eigenvalue weighted by Crippen LogP contribution is 2.27. The fraction of sp³-hybridized carbons (Fsp3) is 0.533. The van der Waals surface area contributed by atoms with Gasteiger partial charge in [0, 0.05) is 28.4 Å². The van der Waals surface area contributed by atoms with Crippen LogP contribution in [0.3, 0.4) is 0 Å². The van der Waals surface area contributed by atoms with Gasteiger partial charge in [-0.05, 0) is 52.6 Å². The van der Waals surface area contributed by atoms with E-state index in [1.165, 1.54) is 0 Å². The van der Waals surface area contributed by atoms with Crippen molar-refractivity contribution in [2.45, 2.75) is 26.3 Å². The Kier molecular flexibility index (Phi) is 5.04. The highest BCUT2D eigenvalue weighted by molar-refractivity contribution is 14.1. The van der Waals surface area contributed by atoms with Gasteiger partial charge < -0.3 is 11.1 Å². The molecule has 1 heterocycles. The maximum absolute atomic E-state index is 12.1. The minimum atomic E-state index is 0.0401. The van der Waals surface area contributed by atoms with Crippen molar-refractivity contribution in [1.82, 2.24) is 4.90 Å². The molecule has 2 rings (SSSR count). The van der Waals surface area contributed by atoms with E-state index in [2.05, 4.69) is 46.7 Å². The summed E-state index contributed by atoms with van der Waals surface area (Å²) in [5, 5.41) is 2.95. The summed E-state index contributed by atoms with van der Waals surface area (Å²) in [6.07, 6.45) is 0.948. The van der Waals surface area contributed by atoms with E-state index in [4.69, 9.17) is 5.73 Å². The van der Waals surface area contributed by atoms with E-state index < -0.39 is 0 Å². The van der Waals surface area contributed by atoms with Gasteiger partial charge >= 0.3 is 0 Å². The van der Waals surface area contributed by atoms with E-state index in [1.807, 2.05) is 24.3 Å². The third kappa shape index (κ3) is 4.17. The molecule has 20 heavy (non-hydrogen) atoms. The molecule has 0 radical (unpaired) electrons. The quantitative estimate of drug-likeness (QED) is 0.783. The molecular formula is C15H22IN3O. The molecule has 0 spiro atoms. The zero-order chi connectivity index (χ0) is 14.8. The van der Waals surface area contributed by atoms with Gasteiger partial charge in [0.1, 0.15) is 0 Å². The third-order valence-corrected chi connectivity index (χ3v) is 4.54. The number of halogens is 1. The number of hydrogen-bond acceptors (Lipinski definition) is 3. The van der Waals surface area contributed by atoms with Gasteiger partial charge in [0.2, 0.25) is 5.91 Å². The van der Waals surface area contributed by atoms with E-state index in [-0.39, 0.29) is 17.4 Å². The average Bonchev–Trinajstić information content (AvgIpc) is 2.33. The molecule has 1 fully saturated rings. The fourth-order valence-electron chi connectivity index (χ4n) is 2.59. The Morgan fingerprint density at radius 3 is 2.95 bits per heavy atom. The van der Waals surface area contributed by atoms with Gasteiger partial charge in [0.15, 0.2) is 0 Å². The number of likely N-dealkylation sites (tertiary alicyclic amines) is 1. The highest BCUT2D eigenvalue weighted by atomic mass is 127. The van der Waals surface area contributed by atoms with Crippen LogP contribution in [0, 0.1) is 8.99 Å². The fourth-order valence-corrected chi connectivity index (χ4v) is 3.13. The van der Waals surface area contributed by atoms with Gasteiger partial charge in [-0.2, -0.15) is 0 Å². The van der Waals surface area contributed by atoms with Gasteiger partial charge in [-0.25, -0.2) is 0 Å². The average molecular weight is 387 g/mol. The van der Waals surface area contributed by atoms with Crippen LogP contribution >= 0.6 is 22.6 Å². The minimum Gasteiger partial charge on any atom is -0.327 e. The van der Waals surface area contributed by atoms with Crippen molar-refractivity contribution in [2.24, 2.45) is 11.1 Å². The molecule has 1 saturated heterocycles. The van der Waals surface area contributed by atoms with Gasteiger partial charge in [-0.1, -0.05) is 19.9 Å². The first-order valence-electron chi connectivity index (χ1n) is 6.90. The topological polar surface area (TPSA) is 58.4 Å². The largest absolute Gasteiger partial charge is 0.327 e. The Morgan fingerprint density at radius 2 is 2.30 bits per heavy atom. The van der Waals surface area contributed by atoms with Crippen LogP contribution in [-0.4, -0.2) is 36.5 Å². The van der Waals surface area contributed by atoms with E-state index in [0.29, 0.717) is 6.54 Å². The summed E-state index contributed by atoms with van der Waals surface area (Å²) in [6.45, 7) is 6.53. The Bertz CT molecular complexity index is 490. The molecule has 3 N–H and O–H groups in total. The number of hydrogen-bond donors (Lipinski definition) is 2. The van der Waals surface area contributed by atoms with Crippen LogP contribution in [0.2, 0.25) is 0 Å². The Morgan fingerprint density at radius 1 is 1.55 bits per heavy atom. The van der Waals surface area contributed by atoms with E-state index >= 15 is 0 Å². The van der Waals surface area contributed by atoms with Crippen molar-refractivity contribution in [3.8, 4) is 0 Å². The zero-order valence-corrected chi connectivity index (χ0v) is 14.2. The summed E-state index contributed by atoms with van der Waals surface area (Å²) < 4.78 is 1.12. The van der Waals surface area contributed by atoms with E-state index in [0.717, 1.165) is 28.8 Å². The third-order valence-electron chi connectivity index (χ3n) is 3.87. The second-order valence-corrected chi connectivity index (χ2v) is 7.40. The van der Waals surface area contributed by atoms with Crippen LogP contribution in [0.1, 0.15) is 20.3 Å². The van der Waals surface area contributed by atoms with E-state index in [1.54, 1.807) is 0 Å². The first kappa shape index (κ1) is 15.7. The van der Waals surface area contributed by atoms with Gasteiger partial charge in [0.25, 0.3) is 0 Å². The molecule has 5 heteroatoms. The standard InChI is InChI=1S/C15H22IN3O/c1-15(2)10-19(7-6-13(15)17)9-14(20)18-12-5-3-4-11(16)8-12/h3-5,8,13H,6-7,9-10,17H2,1-2H3,(H,18,20). The highest BCUT2D eigenvalue weighted by Gasteiger charge is 2.33. The Hall–Kier alpha value is -0.660. The first-order chi connectivity index (χ1) is 9.37. The molecular weight excluding hydrogens is 365 g/mol. The molecule has 110 valence electrons. The van der Waals surface area contributed by atoms with Gasteiger partial charge in [-0.15, -0.1) is 0 Å². The van der Waals surface area contributed by atoms with Crippen LogP contribution in [0.15, 0.2) is 24.3 Å². The number of piperidine rings is 1. The summed E-state index contributed by atoms with van der Waals surface area (Å²) in [4.78, 5) is 14.3. The Balaban J connectivity index is 1.89. The lowest BCUT2D eigenvalue weighted by atomic mass is 9.80. The van der Waals surface area contributed by atoms with Crippen molar-refractivity contribution in [1.29, 1.82) is 0 Å². The van der Waals surface area contributed by atoms with Crippen LogP contribution in [-0.2, 0) is 4.79 Å². The maximum atomic E-state index is 12.1. The second-order valence-electron chi connectivity index (χ2n) is 6.15. The summed E-state index contributed by atoms with van der Waals surface area (Å²) >= 11 is 2.24. The zero-order valence-electron chi connectivity index (χ0n) is 12.0. The Labute approximate surface area is 134 Å². The molecule has 0 aromatic heterocycles. The number of anilines is 1. The number of carbonyl (C=O) groups excluding carboxylic acids is 1. The molecule has 0 saturated carbocycles. The molecule has 4 nitrogen and oxygen atoms in total. The van der Waals surface area contributed by atoms with Crippen LogP contribution < -0.4 is 11.1 Å². The molecule has 1 unspecified atom stereocenters. The van der Waals surface area contributed by atoms with Crippen molar-refractivity contribution in [3.63, 3.8) is 0 Å². The number of amides is 1. The molecule has 1 atom stereocenters. The lowest BCUT2D eigenvalue weighted by Crippen LogP contribution is -2.53.